The minimum Gasteiger partial charge on any atom is -0.377 e. The van der Waals surface area contributed by atoms with E-state index in [2.05, 4.69) is 32.6 Å². The molecule has 1 atom stereocenters. The maximum atomic E-state index is 5.87. The van der Waals surface area contributed by atoms with Crippen LogP contribution in [0.5, 0.6) is 0 Å². The summed E-state index contributed by atoms with van der Waals surface area (Å²) in [6, 6.07) is 0. The fourth-order valence-electron chi connectivity index (χ4n) is 2.08. The molecule has 0 bridgehead atoms. The van der Waals surface area contributed by atoms with Crippen molar-refractivity contribution in [1.82, 2.24) is 4.90 Å². The smallest absolute Gasteiger partial charge is 0.0844 e. The van der Waals surface area contributed by atoms with Crippen LogP contribution in [0.25, 0.3) is 0 Å². The lowest BCUT2D eigenvalue weighted by atomic mass is 10.1. The van der Waals surface area contributed by atoms with Crippen LogP contribution >= 0.6 is 11.6 Å². The number of morpholine rings is 1. The predicted molar refractivity (Wildman–Crippen MR) is 67.2 cm³/mol. The first-order valence-electron chi connectivity index (χ1n) is 6.00. The highest BCUT2D eigenvalue weighted by molar-refractivity contribution is 6.18. The van der Waals surface area contributed by atoms with Crippen LogP contribution in [-0.2, 0) is 9.47 Å². The normalized spacial score (nSPS) is 26.2. The molecule has 0 aromatic rings. The Labute approximate surface area is 104 Å². The number of hydrogen-bond acceptors (Lipinski definition) is 3. The molecule has 96 valence electrons. The summed E-state index contributed by atoms with van der Waals surface area (Å²) in [5, 5.41) is 0. The molecule has 0 radical (unpaired) electrons. The van der Waals surface area contributed by atoms with Gasteiger partial charge in [-0.25, -0.2) is 0 Å². The average Bonchev–Trinajstić information content (AvgIpc) is 2.14. The monoisotopic (exact) mass is 249 g/mol. The third-order valence-corrected chi connectivity index (χ3v) is 2.93. The summed E-state index contributed by atoms with van der Waals surface area (Å²) >= 11 is 5.87. The molecule has 0 aromatic heterocycles. The van der Waals surface area contributed by atoms with Crippen molar-refractivity contribution in [2.45, 2.75) is 45.5 Å². The van der Waals surface area contributed by atoms with Crippen LogP contribution in [0.4, 0.5) is 0 Å². The van der Waals surface area contributed by atoms with Gasteiger partial charge in [0.25, 0.3) is 0 Å². The number of alkyl halides is 1. The summed E-state index contributed by atoms with van der Waals surface area (Å²) in [4.78, 5) is 2.37. The van der Waals surface area contributed by atoms with Crippen molar-refractivity contribution in [3.05, 3.63) is 0 Å². The molecule has 1 rings (SSSR count). The third kappa shape index (κ3) is 5.00. The van der Waals surface area contributed by atoms with Gasteiger partial charge in [-0.2, -0.15) is 0 Å². The van der Waals surface area contributed by atoms with Crippen molar-refractivity contribution in [3.63, 3.8) is 0 Å². The summed E-state index contributed by atoms with van der Waals surface area (Å²) in [5.41, 5.74) is -0.102. The van der Waals surface area contributed by atoms with Gasteiger partial charge in [0.1, 0.15) is 0 Å². The molecule has 0 spiro atoms. The summed E-state index contributed by atoms with van der Waals surface area (Å²) in [7, 11) is 0. The zero-order valence-corrected chi connectivity index (χ0v) is 11.6. The largest absolute Gasteiger partial charge is 0.377 e. The van der Waals surface area contributed by atoms with Gasteiger partial charge in [-0.05, 0) is 27.7 Å². The van der Waals surface area contributed by atoms with E-state index in [1.54, 1.807) is 0 Å². The first-order valence-corrected chi connectivity index (χ1v) is 6.54. The van der Waals surface area contributed by atoms with Gasteiger partial charge in [-0.3, -0.25) is 4.90 Å². The second kappa shape index (κ2) is 6.20. The van der Waals surface area contributed by atoms with Gasteiger partial charge in [0.15, 0.2) is 0 Å². The second-order valence-corrected chi connectivity index (χ2v) is 5.62. The van der Waals surface area contributed by atoms with Gasteiger partial charge in [0.2, 0.25) is 0 Å². The van der Waals surface area contributed by atoms with Gasteiger partial charge in [-0.15, -0.1) is 11.6 Å². The summed E-state index contributed by atoms with van der Waals surface area (Å²) in [6.07, 6.45) is 0.447. The van der Waals surface area contributed by atoms with Crippen molar-refractivity contribution in [1.29, 1.82) is 0 Å². The number of hydrogen-bond donors (Lipinski definition) is 0. The van der Waals surface area contributed by atoms with Crippen LogP contribution in [0.1, 0.15) is 27.7 Å². The van der Waals surface area contributed by atoms with Crippen molar-refractivity contribution >= 4 is 11.6 Å². The molecule has 1 aliphatic heterocycles. The highest BCUT2D eigenvalue weighted by atomic mass is 35.5. The first-order chi connectivity index (χ1) is 7.43. The van der Waals surface area contributed by atoms with Crippen molar-refractivity contribution in [2.24, 2.45) is 0 Å². The van der Waals surface area contributed by atoms with E-state index in [1.807, 2.05) is 0 Å². The van der Waals surface area contributed by atoms with E-state index in [-0.39, 0.29) is 11.7 Å². The number of ether oxygens (including phenoxy) is 2. The number of rotatable bonds is 5. The molecule has 4 heteroatoms. The highest BCUT2D eigenvalue weighted by Crippen LogP contribution is 2.21. The molecule has 16 heavy (non-hydrogen) atoms. The molecule has 1 aliphatic rings. The highest BCUT2D eigenvalue weighted by Gasteiger charge is 2.32. The fraction of sp³-hybridized carbons (Fsp3) is 1.00. The Balaban J connectivity index is 2.35. The molecule has 0 amide bonds. The molecule has 1 saturated heterocycles. The van der Waals surface area contributed by atoms with Crippen molar-refractivity contribution in [2.75, 3.05) is 32.1 Å². The Hall–Kier alpha value is 0.170. The number of halogens is 1. The van der Waals surface area contributed by atoms with E-state index in [4.69, 9.17) is 21.1 Å². The van der Waals surface area contributed by atoms with Crippen LogP contribution in [0.3, 0.4) is 0 Å². The van der Waals surface area contributed by atoms with Gasteiger partial charge in [-0.1, -0.05) is 0 Å². The Bertz CT molecular complexity index is 209. The van der Waals surface area contributed by atoms with Gasteiger partial charge < -0.3 is 9.47 Å². The molecule has 0 saturated carbocycles. The van der Waals surface area contributed by atoms with Crippen LogP contribution in [-0.4, -0.2) is 54.8 Å². The maximum Gasteiger partial charge on any atom is 0.0844 e. The lowest BCUT2D eigenvalue weighted by Gasteiger charge is -2.42. The minimum atomic E-state index is -0.102. The Morgan fingerprint density at radius 3 is 2.75 bits per heavy atom. The summed E-state index contributed by atoms with van der Waals surface area (Å²) in [6.45, 7) is 11.9. The lowest BCUT2D eigenvalue weighted by Crippen LogP contribution is -2.54. The predicted octanol–water partition coefficient (Wildman–Crippen LogP) is 2.13. The van der Waals surface area contributed by atoms with E-state index >= 15 is 0 Å². The standard InChI is InChI=1S/C12H24ClNO2/c1-10(2)15-6-5-14-8-11(7-13)16-12(3,4)9-14/h10-11H,5-9H2,1-4H3. The van der Waals surface area contributed by atoms with E-state index < -0.39 is 0 Å². The second-order valence-electron chi connectivity index (χ2n) is 5.31. The first kappa shape index (κ1) is 14.2. The quantitative estimate of drug-likeness (QED) is 0.697. The molecular weight excluding hydrogens is 226 g/mol. The molecule has 1 heterocycles. The van der Waals surface area contributed by atoms with Crippen LogP contribution in [0, 0.1) is 0 Å². The Morgan fingerprint density at radius 2 is 2.19 bits per heavy atom. The summed E-state index contributed by atoms with van der Waals surface area (Å²) in [5.74, 6) is 0.560. The fourth-order valence-corrected chi connectivity index (χ4v) is 2.25. The maximum absolute atomic E-state index is 5.87. The van der Waals surface area contributed by atoms with E-state index in [0.29, 0.717) is 12.0 Å². The Kier molecular flexibility index (Phi) is 5.51. The zero-order chi connectivity index (χ0) is 12.2. The SMILES string of the molecule is CC(C)OCCN1CC(CCl)OC(C)(C)C1. The lowest BCUT2D eigenvalue weighted by molar-refractivity contribution is -0.130. The molecule has 0 N–H and O–H groups in total. The van der Waals surface area contributed by atoms with E-state index in [0.717, 1.165) is 26.2 Å². The molecule has 1 fully saturated rings. The topological polar surface area (TPSA) is 21.7 Å². The van der Waals surface area contributed by atoms with Crippen LogP contribution < -0.4 is 0 Å². The van der Waals surface area contributed by atoms with E-state index in [9.17, 15) is 0 Å². The van der Waals surface area contributed by atoms with Gasteiger partial charge in [0.05, 0.1) is 24.4 Å². The average molecular weight is 250 g/mol. The molecular formula is C12H24ClNO2. The Morgan fingerprint density at radius 1 is 1.50 bits per heavy atom. The van der Waals surface area contributed by atoms with Gasteiger partial charge >= 0.3 is 0 Å². The number of nitrogens with zero attached hydrogens (tertiary/aromatic N) is 1. The molecule has 3 nitrogen and oxygen atoms in total. The van der Waals surface area contributed by atoms with Crippen molar-refractivity contribution in [3.8, 4) is 0 Å². The molecule has 0 aliphatic carbocycles. The summed E-state index contributed by atoms with van der Waals surface area (Å²) < 4.78 is 11.4. The van der Waals surface area contributed by atoms with Crippen molar-refractivity contribution < 1.29 is 9.47 Å². The van der Waals surface area contributed by atoms with Gasteiger partial charge in [0, 0.05) is 25.5 Å². The third-order valence-electron chi connectivity index (χ3n) is 2.58. The van der Waals surface area contributed by atoms with Crippen LogP contribution in [0.2, 0.25) is 0 Å². The minimum absolute atomic E-state index is 0.102. The zero-order valence-electron chi connectivity index (χ0n) is 10.8. The molecule has 0 aromatic carbocycles. The van der Waals surface area contributed by atoms with Crippen LogP contribution in [0.15, 0.2) is 0 Å². The van der Waals surface area contributed by atoms with E-state index in [1.165, 1.54) is 0 Å². The molecule has 1 unspecified atom stereocenters.